The Balaban J connectivity index is 3.32. The molecule has 0 radical (unpaired) electrons. The predicted octanol–water partition coefficient (Wildman–Crippen LogP) is 5.12. The maximum absolute atomic E-state index is 11.6. The van der Waals surface area contributed by atoms with Gasteiger partial charge in [-0.05, 0) is 32.1 Å². The van der Waals surface area contributed by atoms with Gasteiger partial charge in [0, 0.05) is 13.0 Å². The molecule has 0 atom stereocenters. The average Bonchev–Trinajstić information content (AvgIpc) is 2.64. The smallest absolute Gasteiger partial charge is 0.268 e. The third kappa shape index (κ3) is 19.7. The minimum absolute atomic E-state index is 0.0843. The van der Waals surface area contributed by atoms with Gasteiger partial charge in [-0.3, -0.25) is 8.98 Å². The second-order valence-corrected chi connectivity index (χ2v) is 8.97. The molecular formula is C21H41NO4S. The predicted molar refractivity (Wildman–Crippen MR) is 113 cm³/mol. The molecule has 0 aromatic carbocycles. The average molecular weight is 404 g/mol. The summed E-state index contributed by atoms with van der Waals surface area (Å²) in [6.07, 6.45) is 21.1. The molecular weight excluding hydrogens is 362 g/mol. The molecule has 160 valence electrons. The Morgan fingerprint density at radius 1 is 0.852 bits per heavy atom. The Kier molecular flexibility index (Phi) is 17.9. The first-order valence-electron chi connectivity index (χ1n) is 10.7. The number of carbonyl (C=O) groups is 1. The van der Waals surface area contributed by atoms with Gasteiger partial charge in [0.05, 0.1) is 12.9 Å². The van der Waals surface area contributed by atoms with Crippen LogP contribution in [-0.2, 0) is 19.1 Å². The zero-order valence-electron chi connectivity index (χ0n) is 17.5. The molecule has 0 aromatic rings. The van der Waals surface area contributed by atoms with Crippen molar-refractivity contribution in [3.05, 3.63) is 12.2 Å². The molecule has 0 rings (SSSR count). The molecule has 0 aliphatic heterocycles. The van der Waals surface area contributed by atoms with Gasteiger partial charge < -0.3 is 5.32 Å². The fraction of sp³-hybridized carbons (Fsp3) is 0.857. The Labute approximate surface area is 167 Å². The minimum Gasteiger partial charge on any atom is -0.355 e. The Bertz CT molecular complexity index is 475. The SMILES string of the molecule is CCCCCCCCC=CCCCCCCCC(=O)NCCS(=O)(=O)OC. The van der Waals surface area contributed by atoms with Gasteiger partial charge in [0.15, 0.2) is 0 Å². The first-order valence-corrected chi connectivity index (χ1v) is 12.3. The van der Waals surface area contributed by atoms with Gasteiger partial charge in [0.25, 0.3) is 10.1 Å². The van der Waals surface area contributed by atoms with E-state index in [9.17, 15) is 13.2 Å². The van der Waals surface area contributed by atoms with Crippen molar-refractivity contribution < 1.29 is 17.4 Å². The zero-order valence-corrected chi connectivity index (χ0v) is 18.3. The second-order valence-electron chi connectivity index (χ2n) is 7.11. The maximum Gasteiger partial charge on any atom is 0.268 e. The highest BCUT2D eigenvalue weighted by Gasteiger charge is 2.09. The second kappa shape index (κ2) is 18.5. The number of rotatable bonds is 19. The van der Waals surface area contributed by atoms with Crippen LogP contribution in [0.3, 0.4) is 0 Å². The standard InChI is InChI=1S/C21H41NO4S/c1-3-4-5-6-7-8-9-10-11-12-13-14-15-16-17-18-21(23)22-19-20-27(24,25)26-2/h10-11H,3-9,12-20H2,1-2H3,(H,22,23). The van der Waals surface area contributed by atoms with Crippen LogP contribution in [0.2, 0.25) is 0 Å². The molecule has 0 saturated heterocycles. The molecule has 27 heavy (non-hydrogen) atoms. The van der Waals surface area contributed by atoms with Crippen LogP contribution in [-0.4, -0.2) is 33.7 Å². The molecule has 0 fully saturated rings. The zero-order chi connectivity index (χ0) is 20.2. The monoisotopic (exact) mass is 403 g/mol. The van der Waals surface area contributed by atoms with Crippen LogP contribution in [0, 0.1) is 0 Å². The summed E-state index contributed by atoms with van der Waals surface area (Å²) in [5.41, 5.74) is 0. The summed E-state index contributed by atoms with van der Waals surface area (Å²) in [6.45, 7) is 2.36. The third-order valence-electron chi connectivity index (χ3n) is 4.59. The number of allylic oxidation sites excluding steroid dienone is 2. The molecule has 0 aliphatic carbocycles. The molecule has 1 N–H and O–H groups in total. The van der Waals surface area contributed by atoms with Crippen LogP contribution >= 0.6 is 0 Å². The van der Waals surface area contributed by atoms with Gasteiger partial charge in [-0.1, -0.05) is 70.4 Å². The highest BCUT2D eigenvalue weighted by Crippen LogP contribution is 2.09. The van der Waals surface area contributed by atoms with E-state index < -0.39 is 10.1 Å². The molecule has 5 nitrogen and oxygen atoms in total. The molecule has 0 spiro atoms. The van der Waals surface area contributed by atoms with E-state index in [0.717, 1.165) is 32.8 Å². The summed E-state index contributed by atoms with van der Waals surface area (Å²) in [7, 11) is -2.36. The van der Waals surface area contributed by atoms with Crippen LogP contribution < -0.4 is 5.32 Å². The van der Waals surface area contributed by atoms with E-state index >= 15 is 0 Å². The number of carbonyl (C=O) groups excluding carboxylic acids is 1. The molecule has 0 saturated carbocycles. The van der Waals surface area contributed by atoms with Crippen molar-refractivity contribution in [2.75, 3.05) is 19.4 Å². The first kappa shape index (κ1) is 26.1. The van der Waals surface area contributed by atoms with Crippen molar-refractivity contribution in [3.8, 4) is 0 Å². The summed E-state index contributed by atoms with van der Waals surface area (Å²) in [5.74, 6) is -0.263. The van der Waals surface area contributed by atoms with Crippen LogP contribution in [0.25, 0.3) is 0 Å². The minimum atomic E-state index is -3.49. The van der Waals surface area contributed by atoms with Crippen molar-refractivity contribution in [2.45, 2.75) is 96.8 Å². The fourth-order valence-electron chi connectivity index (χ4n) is 2.84. The van der Waals surface area contributed by atoms with Crippen LogP contribution in [0.15, 0.2) is 12.2 Å². The normalized spacial score (nSPS) is 11.9. The molecule has 6 heteroatoms. The molecule has 0 heterocycles. The lowest BCUT2D eigenvalue weighted by molar-refractivity contribution is -0.121. The molecule has 0 aliphatic rings. The van der Waals surface area contributed by atoms with Gasteiger partial charge >= 0.3 is 0 Å². The summed E-state index contributed by atoms with van der Waals surface area (Å²) in [5, 5.41) is 2.62. The topological polar surface area (TPSA) is 72.5 Å². The Morgan fingerprint density at radius 3 is 1.93 bits per heavy atom. The largest absolute Gasteiger partial charge is 0.355 e. The quantitative estimate of drug-likeness (QED) is 0.185. The van der Waals surface area contributed by atoms with Crippen molar-refractivity contribution in [3.63, 3.8) is 0 Å². The van der Waals surface area contributed by atoms with Crippen LogP contribution in [0.5, 0.6) is 0 Å². The lowest BCUT2D eigenvalue weighted by Crippen LogP contribution is -2.29. The van der Waals surface area contributed by atoms with E-state index in [4.69, 9.17) is 0 Å². The van der Waals surface area contributed by atoms with E-state index in [0.29, 0.717) is 6.42 Å². The fourth-order valence-corrected chi connectivity index (χ4v) is 3.36. The van der Waals surface area contributed by atoms with Gasteiger partial charge in [-0.15, -0.1) is 0 Å². The highest BCUT2D eigenvalue weighted by atomic mass is 32.2. The van der Waals surface area contributed by atoms with E-state index in [1.54, 1.807) is 0 Å². The summed E-state index contributed by atoms with van der Waals surface area (Å²) >= 11 is 0. The third-order valence-corrected chi connectivity index (χ3v) is 5.81. The molecule has 0 aromatic heterocycles. The molecule has 0 unspecified atom stereocenters. The lowest BCUT2D eigenvalue weighted by atomic mass is 10.1. The Morgan fingerprint density at radius 2 is 1.37 bits per heavy atom. The number of hydrogen-bond acceptors (Lipinski definition) is 4. The van der Waals surface area contributed by atoms with Gasteiger partial charge in [-0.25, -0.2) is 0 Å². The van der Waals surface area contributed by atoms with Crippen molar-refractivity contribution >= 4 is 16.0 Å². The number of nitrogens with one attached hydrogen (secondary N) is 1. The number of unbranched alkanes of at least 4 members (excludes halogenated alkanes) is 11. The lowest BCUT2D eigenvalue weighted by Gasteiger charge is -2.05. The van der Waals surface area contributed by atoms with Crippen LogP contribution in [0.4, 0.5) is 0 Å². The number of hydrogen-bond donors (Lipinski definition) is 1. The van der Waals surface area contributed by atoms with Gasteiger partial charge in [-0.2, -0.15) is 8.42 Å². The summed E-state index contributed by atoms with van der Waals surface area (Å²) < 4.78 is 26.5. The Hall–Kier alpha value is -0.880. The molecule has 1 amide bonds. The maximum atomic E-state index is 11.6. The van der Waals surface area contributed by atoms with E-state index in [1.165, 1.54) is 57.8 Å². The van der Waals surface area contributed by atoms with Crippen molar-refractivity contribution in [2.24, 2.45) is 0 Å². The van der Waals surface area contributed by atoms with Crippen molar-refractivity contribution in [1.82, 2.24) is 5.32 Å². The summed E-state index contributed by atoms with van der Waals surface area (Å²) in [4.78, 5) is 11.6. The van der Waals surface area contributed by atoms with Gasteiger partial charge in [0.2, 0.25) is 5.91 Å². The van der Waals surface area contributed by atoms with E-state index in [2.05, 4.69) is 28.6 Å². The molecule has 0 bridgehead atoms. The van der Waals surface area contributed by atoms with Crippen molar-refractivity contribution in [1.29, 1.82) is 0 Å². The first-order chi connectivity index (χ1) is 13.0. The highest BCUT2D eigenvalue weighted by molar-refractivity contribution is 7.86. The van der Waals surface area contributed by atoms with Gasteiger partial charge in [0.1, 0.15) is 0 Å². The number of amides is 1. The van der Waals surface area contributed by atoms with E-state index in [-0.39, 0.29) is 18.2 Å². The van der Waals surface area contributed by atoms with Crippen LogP contribution in [0.1, 0.15) is 96.8 Å². The van der Waals surface area contributed by atoms with E-state index in [1.807, 2.05) is 0 Å². The summed E-state index contributed by atoms with van der Waals surface area (Å²) in [6, 6.07) is 0.